The highest BCUT2D eigenvalue weighted by atomic mass is 16.5. The van der Waals surface area contributed by atoms with Crippen LogP contribution in [0.2, 0.25) is 0 Å². The van der Waals surface area contributed by atoms with Crippen LogP contribution in [-0.4, -0.2) is 23.3 Å². The summed E-state index contributed by atoms with van der Waals surface area (Å²) >= 11 is 0. The molecule has 0 heterocycles. The average Bonchev–Trinajstić information content (AvgIpc) is 2.11. The maximum absolute atomic E-state index is 11.3. The lowest BCUT2D eigenvalue weighted by molar-refractivity contribution is -0.181. The number of carbonyl (C=O) groups is 1. The molecular weight excluding hydrogens is 180 g/mol. The van der Waals surface area contributed by atoms with E-state index in [9.17, 15) is 9.90 Å². The van der Waals surface area contributed by atoms with Gasteiger partial charge in [0, 0.05) is 6.61 Å². The Morgan fingerprint density at radius 2 is 2.14 bits per heavy atom. The Morgan fingerprint density at radius 3 is 2.64 bits per heavy atom. The van der Waals surface area contributed by atoms with Crippen molar-refractivity contribution in [2.75, 3.05) is 6.61 Å². The van der Waals surface area contributed by atoms with Gasteiger partial charge in [-0.1, -0.05) is 20.3 Å². The van der Waals surface area contributed by atoms with Gasteiger partial charge in [-0.05, 0) is 31.6 Å². The Hall–Kier alpha value is -0.570. The maximum Gasteiger partial charge on any atom is 0.336 e. The second kappa shape index (κ2) is 4.30. The fourth-order valence-electron chi connectivity index (χ4n) is 2.41. The van der Waals surface area contributed by atoms with E-state index in [0.717, 1.165) is 12.8 Å². The van der Waals surface area contributed by atoms with Crippen molar-refractivity contribution < 1.29 is 14.6 Å². The molecule has 0 saturated heterocycles. The third-order valence-electron chi connectivity index (χ3n) is 3.30. The largest absolute Gasteiger partial charge is 0.479 e. The second-order valence-corrected chi connectivity index (χ2v) is 4.42. The van der Waals surface area contributed by atoms with Crippen molar-refractivity contribution in [3.8, 4) is 0 Å². The molecule has 0 bridgehead atoms. The first kappa shape index (κ1) is 11.5. The zero-order valence-corrected chi connectivity index (χ0v) is 9.25. The molecule has 1 aliphatic rings. The fraction of sp³-hybridized carbons (Fsp3) is 0.909. The topological polar surface area (TPSA) is 46.5 Å². The molecule has 0 amide bonds. The van der Waals surface area contributed by atoms with Crippen molar-refractivity contribution in [2.24, 2.45) is 11.8 Å². The lowest BCUT2D eigenvalue weighted by Crippen LogP contribution is -2.51. The Kier molecular flexibility index (Phi) is 3.53. The number of carboxylic acid groups (broad SMARTS) is 1. The van der Waals surface area contributed by atoms with Gasteiger partial charge < -0.3 is 9.84 Å². The molecule has 3 atom stereocenters. The molecule has 1 fully saturated rings. The quantitative estimate of drug-likeness (QED) is 0.760. The van der Waals surface area contributed by atoms with E-state index >= 15 is 0 Å². The number of carboxylic acids is 1. The molecule has 1 N–H and O–H groups in total. The van der Waals surface area contributed by atoms with Crippen molar-refractivity contribution in [3.63, 3.8) is 0 Å². The highest BCUT2D eigenvalue weighted by molar-refractivity contribution is 5.78. The molecule has 3 unspecified atom stereocenters. The number of ether oxygens (including phenoxy) is 1. The zero-order valence-electron chi connectivity index (χ0n) is 9.25. The molecule has 0 aromatic heterocycles. The van der Waals surface area contributed by atoms with Gasteiger partial charge in [-0.25, -0.2) is 4.79 Å². The van der Waals surface area contributed by atoms with Crippen LogP contribution in [0.25, 0.3) is 0 Å². The first-order chi connectivity index (χ1) is 6.53. The molecule has 1 saturated carbocycles. The lowest BCUT2D eigenvalue weighted by Gasteiger charge is -2.41. The SMILES string of the molecule is CCOC1(C(=O)O)CC(C)CCC1C. The van der Waals surface area contributed by atoms with Crippen LogP contribution < -0.4 is 0 Å². The van der Waals surface area contributed by atoms with E-state index in [0.29, 0.717) is 18.9 Å². The molecule has 82 valence electrons. The van der Waals surface area contributed by atoms with E-state index in [1.54, 1.807) is 0 Å². The number of hydrogen-bond donors (Lipinski definition) is 1. The normalized spacial score (nSPS) is 38.2. The van der Waals surface area contributed by atoms with Crippen molar-refractivity contribution in [2.45, 2.75) is 45.6 Å². The van der Waals surface area contributed by atoms with E-state index in [1.807, 2.05) is 13.8 Å². The summed E-state index contributed by atoms with van der Waals surface area (Å²) in [5, 5.41) is 9.28. The van der Waals surface area contributed by atoms with Crippen LogP contribution in [0, 0.1) is 11.8 Å². The van der Waals surface area contributed by atoms with Gasteiger partial charge in [-0.2, -0.15) is 0 Å². The van der Waals surface area contributed by atoms with Crippen LogP contribution in [0.3, 0.4) is 0 Å². The van der Waals surface area contributed by atoms with Crippen molar-refractivity contribution >= 4 is 5.97 Å². The summed E-state index contributed by atoms with van der Waals surface area (Å²) in [5.74, 6) is -0.219. The predicted molar refractivity (Wildman–Crippen MR) is 54.2 cm³/mol. The van der Waals surface area contributed by atoms with E-state index < -0.39 is 11.6 Å². The molecule has 0 aromatic carbocycles. The van der Waals surface area contributed by atoms with E-state index in [-0.39, 0.29) is 5.92 Å². The van der Waals surface area contributed by atoms with Gasteiger partial charge in [0.05, 0.1) is 0 Å². The van der Waals surface area contributed by atoms with Crippen LogP contribution in [0.4, 0.5) is 0 Å². The van der Waals surface area contributed by atoms with Crippen LogP contribution in [0.15, 0.2) is 0 Å². The van der Waals surface area contributed by atoms with Crippen LogP contribution >= 0.6 is 0 Å². The van der Waals surface area contributed by atoms with Crippen molar-refractivity contribution in [1.29, 1.82) is 0 Å². The van der Waals surface area contributed by atoms with Gasteiger partial charge in [0.15, 0.2) is 5.60 Å². The first-order valence-electron chi connectivity index (χ1n) is 5.40. The Morgan fingerprint density at radius 1 is 1.50 bits per heavy atom. The van der Waals surface area contributed by atoms with Gasteiger partial charge in [-0.15, -0.1) is 0 Å². The van der Waals surface area contributed by atoms with Crippen LogP contribution in [-0.2, 0) is 9.53 Å². The second-order valence-electron chi connectivity index (χ2n) is 4.42. The van der Waals surface area contributed by atoms with Gasteiger partial charge in [0.25, 0.3) is 0 Å². The van der Waals surface area contributed by atoms with Gasteiger partial charge in [-0.3, -0.25) is 0 Å². The molecule has 1 rings (SSSR count). The van der Waals surface area contributed by atoms with E-state index in [1.165, 1.54) is 0 Å². The summed E-state index contributed by atoms with van der Waals surface area (Å²) in [6.07, 6.45) is 2.72. The maximum atomic E-state index is 11.3. The molecule has 3 heteroatoms. The smallest absolute Gasteiger partial charge is 0.336 e. The summed E-state index contributed by atoms with van der Waals surface area (Å²) in [4.78, 5) is 11.3. The number of rotatable bonds is 3. The Balaban J connectivity index is 2.86. The predicted octanol–water partition coefficient (Wildman–Crippen LogP) is 2.30. The molecule has 0 aromatic rings. The standard InChI is InChI=1S/C11H20O3/c1-4-14-11(10(12)13)7-8(2)5-6-9(11)3/h8-9H,4-7H2,1-3H3,(H,12,13). The molecule has 0 spiro atoms. The highest BCUT2D eigenvalue weighted by Gasteiger charge is 2.47. The Bertz CT molecular complexity index is 215. The summed E-state index contributed by atoms with van der Waals surface area (Å²) < 4.78 is 5.52. The monoisotopic (exact) mass is 200 g/mol. The summed E-state index contributed by atoms with van der Waals surface area (Å²) in [5.41, 5.74) is -0.924. The number of hydrogen-bond acceptors (Lipinski definition) is 2. The minimum Gasteiger partial charge on any atom is -0.479 e. The van der Waals surface area contributed by atoms with Gasteiger partial charge in [0.1, 0.15) is 0 Å². The first-order valence-corrected chi connectivity index (χ1v) is 5.40. The third-order valence-corrected chi connectivity index (χ3v) is 3.30. The van der Waals surface area contributed by atoms with Crippen LogP contribution in [0.5, 0.6) is 0 Å². The summed E-state index contributed by atoms with van der Waals surface area (Å²) in [6, 6.07) is 0. The molecule has 14 heavy (non-hydrogen) atoms. The summed E-state index contributed by atoms with van der Waals surface area (Å²) in [6.45, 7) is 6.41. The summed E-state index contributed by atoms with van der Waals surface area (Å²) in [7, 11) is 0. The molecular formula is C11H20O3. The minimum atomic E-state index is -0.924. The van der Waals surface area contributed by atoms with Gasteiger partial charge >= 0.3 is 5.97 Å². The van der Waals surface area contributed by atoms with Crippen molar-refractivity contribution in [3.05, 3.63) is 0 Å². The highest BCUT2D eigenvalue weighted by Crippen LogP contribution is 2.39. The fourth-order valence-corrected chi connectivity index (χ4v) is 2.41. The van der Waals surface area contributed by atoms with E-state index in [2.05, 4.69) is 6.92 Å². The lowest BCUT2D eigenvalue weighted by atomic mass is 9.72. The molecule has 3 nitrogen and oxygen atoms in total. The van der Waals surface area contributed by atoms with Crippen molar-refractivity contribution in [1.82, 2.24) is 0 Å². The average molecular weight is 200 g/mol. The number of aliphatic carboxylic acids is 1. The Labute approximate surface area is 85.5 Å². The zero-order chi connectivity index (χ0) is 10.8. The van der Waals surface area contributed by atoms with Crippen LogP contribution in [0.1, 0.15) is 40.0 Å². The molecule has 0 radical (unpaired) electrons. The van der Waals surface area contributed by atoms with Gasteiger partial charge in [0.2, 0.25) is 0 Å². The minimum absolute atomic E-state index is 0.121. The third kappa shape index (κ3) is 1.92. The molecule has 1 aliphatic carbocycles. The van der Waals surface area contributed by atoms with E-state index in [4.69, 9.17) is 4.74 Å². The molecule has 0 aliphatic heterocycles.